The van der Waals surface area contributed by atoms with Crippen molar-refractivity contribution in [2.75, 3.05) is 26.2 Å². The van der Waals surface area contributed by atoms with E-state index >= 15 is 0 Å². The minimum Gasteiger partial charge on any atom is -0.305 e. The first kappa shape index (κ1) is 14.7. The normalized spacial score (nSPS) is 23.3. The Hall–Kier alpha value is -1.23. The maximum absolute atomic E-state index is 4.57. The topological polar surface area (TPSA) is 28.2 Å². The highest BCUT2D eigenvalue weighted by Gasteiger charge is 2.31. The van der Waals surface area contributed by atoms with Gasteiger partial charge < -0.3 is 5.32 Å². The van der Waals surface area contributed by atoms with Gasteiger partial charge in [-0.05, 0) is 19.4 Å². The summed E-state index contributed by atoms with van der Waals surface area (Å²) in [5.74, 6) is 0. The van der Waals surface area contributed by atoms with Gasteiger partial charge in [0.25, 0.3) is 0 Å². The highest BCUT2D eigenvalue weighted by molar-refractivity contribution is 7.09. The Morgan fingerprint density at radius 1 is 1.33 bits per heavy atom. The van der Waals surface area contributed by atoms with Crippen LogP contribution in [0.2, 0.25) is 0 Å². The van der Waals surface area contributed by atoms with E-state index in [4.69, 9.17) is 0 Å². The van der Waals surface area contributed by atoms with Crippen molar-refractivity contribution in [1.29, 1.82) is 0 Å². The zero-order chi connectivity index (χ0) is 14.7. The molecule has 1 saturated heterocycles. The van der Waals surface area contributed by atoms with Gasteiger partial charge in [0.05, 0.1) is 16.2 Å². The number of nitrogens with one attached hydrogen (secondary N) is 1. The van der Waals surface area contributed by atoms with Gasteiger partial charge in [0, 0.05) is 38.0 Å². The number of aryl methyl sites for hydroxylation is 1. The molecular formula is C17H23N3S. The summed E-state index contributed by atoms with van der Waals surface area (Å²) in [5, 5.41) is 7.04. The Morgan fingerprint density at radius 3 is 2.86 bits per heavy atom. The summed E-state index contributed by atoms with van der Waals surface area (Å²) in [7, 11) is 0. The molecule has 0 aliphatic carbocycles. The van der Waals surface area contributed by atoms with Crippen LogP contribution < -0.4 is 5.32 Å². The van der Waals surface area contributed by atoms with Gasteiger partial charge in [-0.1, -0.05) is 30.3 Å². The predicted octanol–water partition coefficient (Wildman–Crippen LogP) is 2.81. The Kier molecular flexibility index (Phi) is 4.38. The molecule has 0 bridgehead atoms. The average molecular weight is 301 g/mol. The van der Waals surface area contributed by atoms with Crippen LogP contribution in [-0.4, -0.2) is 36.1 Å². The van der Waals surface area contributed by atoms with E-state index < -0.39 is 0 Å². The molecule has 1 aliphatic rings. The van der Waals surface area contributed by atoms with E-state index in [9.17, 15) is 0 Å². The van der Waals surface area contributed by atoms with E-state index in [2.05, 4.69) is 64.8 Å². The molecule has 1 fully saturated rings. The van der Waals surface area contributed by atoms with Crippen LogP contribution in [0.5, 0.6) is 0 Å². The van der Waals surface area contributed by atoms with Crippen molar-refractivity contribution in [2.24, 2.45) is 0 Å². The van der Waals surface area contributed by atoms with Crippen LogP contribution in [0.1, 0.15) is 23.2 Å². The quantitative estimate of drug-likeness (QED) is 0.941. The van der Waals surface area contributed by atoms with E-state index in [0.29, 0.717) is 0 Å². The molecule has 1 N–H and O–H groups in total. The molecular weight excluding hydrogens is 278 g/mol. The van der Waals surface area contributed by atoms with Gasteiger partial charge in [0.15, 0.2) is 0 Å². The van der Waals surface area contributed by atoms with Gasteiger partial charge in [0.1, 0.15) is 0 Å². The minimum absolute atomic E-state index is 0.0531. The standard InChI is InChI=1S/C17H23N3S/c1-14-19-16(12-21-14)8-10-20-11-9-18-17(2,13-20)15-6-4-3-5-7-15/h3-7,12,18H,8-11,13H2,1-2H3. The molecule has 2 aromatic rings. The average Bonchev–Trinajstić information content (AvgIpc) is 2.92. The van der Waals surface area contributed by atoms with Gasteiger partial charge in [-0.2, -0.15) is 0 Å². The molecule has 4 heteroatoms. The van der Waals surface area contributed by atoms with E-state index in [0.717, 1.165) is 32.6 Å². The van der Waals surface area contributed by atoms with Gasteiger partial charge >= 0.3 is 0 Å². The number of benzene rings is 1. The van der Waals surface area contributed by atoms with Crippen LogP contribution in [0.15, 0.2) is 35.7 Å². The van der Waals surface area contributed by atoms with Crippen molar-refractivity contribution >= 4 is 11.3 Å². The van der Waals surface area contributed by atoms with Crippen LogP contribution >= 0.6 is 11.3 Å². The lowest BCUT2D eigenvalue weighted by Gasteiger charge is -2.42. The monoisotopic (exact) mass is 301 g/mol. The first-order chi connectivity index (χ1) is 10.2. The molecule has 0 spiro atoms. The van der Waals surface area contributed by atoms with Gasteiger partial charge in [-0.15, -0.1) is 11.3 Å². The number of nitrogens with zero attached hydrogens (tertiary/aromatic N) is 2. The fraction of sp³-hybridized carbons (Fsp3) is 0.471. The van der Waals surface area contributed by atoms with Crippen molar-refractivity contribution in [2.45, 2.75) is 25.8 Å². The number of rotatable bonds is 4. The molecule has 21 heavy (non-hydrogen) atoms. The lowest BCUT2D eigenvalue weighted by molar-refractivity contribution is 0.144. The van der Waals surface area contributed by atoms with Crippen molar-refractivity contribution in [3.8, 4) is 0 Å². The zero-order valence-corrected chi connectivity index (χ0v) is 13.6. The van der Waals surface area contributed by atoms with Crippen LogP contribution in [-0.2, 0) is 12.0 Å². The summed E-state index contributed by atoms with van der Waals surface area (Å²) < 4.78 is 0. The molecule has 2 heterocycles. The molecule has 1 atom stereocenters. The molecule has 1 aliphatic heterocycles. The number of hydrogen-bond acceptors (Lipinski definition) is 4. The van der Waals surface area contributed by atoms with Crippen LogP contribution in [0, 0.1) is 6.92 Å². The first-order valence-corrected chi connectivity index (χ1v) is 8.48. The Morgan fingerprint density at radius 2 is 2.14 bits per heavy atom. The Bertz CT molecular complexity index is 581. The first-order valence-electron chi connectivity index (χ1n) is 7.60. The third kappa shape index (κ3) is 3.51. The Balaban J connectivity index is 1.63. The summed E-state index contributed by atoms with van der Waals surface area (Å²) >= 11 is 1.75. The fourth-order valence-corrected chi connectivity index (χ4v) is 3.71. The van der Waals surface area contributed by atoms with Crippen LogP contribution in [0.25, 0.3) is 0 Å². The summed E-state index contributed by atoms with van der Waals surface area (Å²) in [4.78, 5) is 7.12. The third-order valence-electron chi connectivity index (χ3n) is 4.24. The number of aromatic nitrogens is 1. The molecule has 1 unspecified atom stereocenters. The molecule has 0 saturated carbocycles. The van der Waals surface area contributed by atoms with Gasteiger partial charge in [-0.25, -0.2) is 4.98 Å². The number of piperazine rings is 1. The summed E-state index contributed by atoms with van der Waals surface area (Å²) in [6.45, 7) is 8.69. The SMILES string of the molecule is Cc1nc(CCN2CCNC(C)(c3ccccc3)C2)cs1. The molecule has 1 aromatic carbocycles. The highest BCUT2D eigenvalue weighted by Crippen LogP contribution is 2.24. The van der Waals surface area contributed by atoms with E-state index in [-0.39, 0.29) is 5.54 Å². The van der Waals surface area contributed by atoms with E-state index in [1.54, 1.807) is 11.3 Å². The summed E-state index contributed by atoms with van der Waals surface area (Å²) in [5.41, 5.74) is 2.66. The fourth-order valence-electron chi connectivity index (χ4n) is 3.06. The van der Waals surface area contributed by atoms with Crippen LogP contribution in [0.3, 0.4) is 0 Å². The van der Waals surface area contributed by atoms with Gasteiger partial charge in [0.2, 0.25) is 0 Å². The lowest BCUT2D eigenvalue weighted by Crippen LogP contribution is -2.56. The molecule has 1 aromatic heterocycles. The van der Waals surface area contributed by atoms with Crippen molar-refractivity contribution < 1.29 is 0 Å². The summed E-state index contributed by atoms with van der Waals surface area (Å²) in [6.07, 6.45) is 1.05. The lowest BCUT2D eigenvalue weighted by atomic mass is 9.89. The second kappa shape index (κ2) is 6.26. The summed E-state index contributed by atoms with van der Waals surface area (Å²) in [6, 6.07) is 10.8. The largest absolute Gasteiger partial charge is 0.305 e. The second-order valence-electron chi connectivity index (χ2n) is 6.01. The molecule has 0 radical (unpaired) electrons. The second-order valence-corrected chi connectivity index (χ2v) is 7.07. The molecule has 0 amide bonds. The maximum Gasteiger partial charge on any atom is 0.0897 e. The van der Waals surface area contributed by atoms with Crippen LogP contribution in [0.4, 0.5) is 0 Å². The smallest absolute Gasteiger partial charge is 0.0897 e. The van der Waals surface area contributed by atoms with Crippen molar-refractivity contribution in [3.05, 3.63) is 52.0 Å². The van der Waals surface area contributed by atoms with E-state index in [1.165, 1.54) is 16.3 Å². The highest BCUT2D eigenvalue weighted by atomic mass is 32.1. The van der Waals surface area contributed by atoms with Crippen molar-refractivity contribution in [1.82, 2.24) is 15.2 Å². The van der Waals surface area contributed by atoms with Crippen molar-refractivity contribution in [3.63, 3.8) is 0 Å². The number of hydrogen-bond donors (Lipinski definition) is 1. The third-order valence-corrected chi connectivity index (χ3v) is 5.07. The minimum atomic E-state index is 0.0531. The molecule has 3 rings (SSSR count). The predicted molar refractivity (Wildman–Crippen MR) is 88.8 cm³/mol. The molecule has 3 nitrogen and oxygen atoms in total. The van der Waals surface area contributed by atoms with E-state index in [1.807, 2.05) is 0 Å². The zero-order valence-electron chi connectivity index (χ0n) is 12.8. The molecule has 112 valence electrons. The maximum atomic E-state index is 4.57. The Labute approximate surface area is 131 Å². The number of thiazole rings is 1. The van der Waals surface area contributed by atoms with Gasteiger partial charge in [-0.3, -0.25) is 4.90 Å².